The third-order valence-electron chi connectivity index (χ3n) is 6.69. The first kappa shape index (κ1) is 19.1. The highest BCUT2D eigenvalue weighted by Crippen LogP contribution is 2.45. The smallest absolute Gasteiger partial charge is 0.196 e. The van der Waals surface area contributed by atoms with Crippen LogP contribution in [-0.4, -0.2) is 17.0 Å². The molecule has 6 rings (SSSR count). The van der Waals surface area contributed by atoms with Gasteiger partial charge in [-0.3, -0.25) is 4.79 Å². The molecule has 2 aliphatic rings. The second-order valence-corrected chi connectivity index (χ2v) is 8.78. The highest BCUT2D eigenvalue weighted by molar-refractivity contribution is 6.28. The lowest BCUT2D eigenvalue weighted by atomic mass is 9.86. The average molecular weight is 424 g/mol. The standard InChI is InChI=1S/C27H25N3O2/c31-26-19-13-7-8-14-20(19)27-24-23(26)21(29-18-11-5-2-6-12-18)15-22(25(24)30-32-27)28-16-17-9-3-1-4-10-17/h1,3-4,7-10,13-15,18,28-29H,2,5-6,11-12,16H2. The molecule has 5 heteroatoms. The Balaban J connectivity index is 1.49. The molecule has 5 nitrogen and oxygen atoms in total. The predicted octanol–water partition coefficient (Wildman–Crippen LogP) is 6.40. The summed E-state index contributed by atoms with van der Waals surface area (Å²) in [6, 6.07) is 20.4. The van der Waals surface area contributed by atoms with Gasteiger partial charge in [-0.1, -0.05) is 79.0 Å². The fraction of sp³-hybridized carbons (Fsp3) is 0.259. The maximum atomic E-state index is 13.6. The Hall–Kier alpha value is -3.60. The Labute approximate surface area is 186 Å². The molecule has 2 aliphatic carbocycles. The Morgan fingerprint density at radius 3 is 2.47 bits per heavy atom. The molecule has 0 atom stereocenters. The molecular weight excluding hydrogens is 398 g/mol. The number of nitrogens with zero attached hydrogens (tertiary/aromatic N) is 1. The largest absolute Gasteiger partial charge is 0.382 e. The molecule has 32 heavy (non-hydrogen) atoms. The van der Waals surface area contributed by atoms with Crippen LogP contribution >= 0.6 is 0 Å². The molecule has 1 saturated carbocycles. The van der Waals surface area contributed by atoms with Gasteiger partial charge in [0.2, 0.25) is 0 Å². The zero-order valence-electron chi connectivity index (χ0n) is 17.9. The number of ketones is 1. The van der Waals surface area contributed by atoms with Crippen molar-refractivity contribution in [3.8, 4) is 11.3 Å². The van der Waals surface area contributed by atoms with E-state index < -0.39 is 0 Å². The Morgan fingerprint density at radius 1 is 0.906 bits per heavy atom. The van der Waals surface area contributed by atoms with Crippen molar-refractivity contribution in [2.75, 3.05) is 10.6 Å². The van der Waals surface area contributed by atoms with Gasteiger partial charge in [0, 0.05) is 29.4 Å². The van der Waals surface area contributed by atoms with Gasteiger partial charge < -0.3 is 15.2 Å². The molecule has 1 heterocycles. The summed E-state index contributed by atoms with van der Waals surface area (Å²) in [4.78, 5) is 13.6. The van der Waals surface area contributed by atoms with Gasteiger partial charge in [-0.15, -0.1) is 0 Å². The lowest BCUT2D eigenvalue weighted by Gasteiger charge is -2.26. The van der Waals surface area contributed by atoms with Crippen molar-refractivity contribution < 1.29 is 9.32 Å². The van der Waals surface area contributed by atoms with Gasteiger partial charge in [0.25, 0.3) is 0 Å². The molecule has 4 aromatic rings. The Morgan fingerprint density at radius 2 is 1.66 bits per heavy atom. The van der Waals surface area contributed by atoms with E-state index in [0.29, 0.717) is 35.0 Å². The van der Waals surface area contributed by atoms with E-state index in [-0.39, 0.29) is 5.78 Å². The van der Waals surface area contributed by atoms with Crippen LogP contribution in [0.2, 0.25) is 0 Å². The summed E-state index contributed by atoms with van der Waals surface area (Å²) >= 11 is 0. The summed E-state index contributed by atoms with van der Waals surface area (Å²) in [5, 5.41) is 12.5. The van der Waals surface area contributed by atoms with E-state index in [1.165, 1.54) is 24.8 Å². The maximum absolute atomic E-state index is 13.6. The molecule has 3 aromatic carbocycles. The maximum Gasteiger partial charge on any atom is 0.196 e. The van der Waals surface area contributed by atoms with Crippen LogP contribution in [0.4, 0.5) is 11.4 Å². The van der Waals surface area contributed by atoms with Crippen molar-refractivity contribution in [1.29, 1.82) is 0 Å². The van der Waals surface area contributed by atoms with Crippen molar-refractivity contribution in [3.05, 3.63) is 77.4 Å². The fourth-order valence-electron chi connectivity index (χ4n) is 5.07. The van der Waals surface area contributed by atoms with Crippen LogP contribution in [0.1, 0.15) is 53.6 Å². The minimum absolute atomic E-state index is 0.0363. The highest BCUT2D eigenvalue weighted by Gasteiger charge is 2.33. The predicted molar refractivity (Wildman–Crippen MR) is 127 cm³/mol. The third-order valence-corrected chi connectivity index (χ3v) is 6.69. The summed E-state index contributed by atoms with van der Waals surface area (Å²) in [5.74, 6) is 0.717. The number of carbonyl (C=O) groups is 1. The summed E-state index contributed by atoms with van der Waals surface area (Å²) < 4.78 is 5.84. The molecular formula is C27H25N3O2. The fourth-order valence-corrected chi connectivity index (χ4v) is 5.07. The molecule has 0 bridgehead atoms. The summed E-state index contributed by atoms with van der Waals surface area (Å²) in [7, 11) is 0. The van der Waals surface area contributed by atoms with E-state index in [1.807, 2.05) is 48.5 Å². The van der Waals surface area contributed by atoms with E-state index in [9.17, 15) is 4.79 Å². The minimum Gasteiger partial charge on any atom is -0.382 e. The molecule has 0 aliphatic heterocycles. The SMILES string of the molecule is O=C1c2ccccc2-c2onc3c(NCc4ccccc4)cc(NC4CCCCC4)c1c23. The van der Waals surface area contributed by atoms with Crippen molar-refractivity contribution in [3.63, 3.8) is 0 Å². The lowest BCUT2D eigenvalue weighted by Crippen LogP contribution is -2.24. The Kier molecular flexibility index (Phi) is 4.67. The molecule has 1 fully saturated rings. The number of aromatic nitrogens is 1. The van der Waals surface area contributed by atoms with Gasteiger partial charge in [-0.2, -0.15) is 0 Å². The molecule has 0 saturated heterocycles. The number of benzene rings is 3. The number of carbonyl (C=O) groups excluding carboxylic acids is 1. The van der Waals surface area contributed by atoms with E-state index >= 15 is 0 Å². The monoisotopic (exact) mass is 423 g/mol. The van der Waals surface area contributed by atoms with Gasteiger partial charge in [0.15, 0.2) is 11.5 Å². The minimum atomic E-state index is 0.0363. The van der Waals surface area contributed by atoms with Crippen molar-refractivity contribution in [2.45, 2.75) is 44.7 Å². The summed E-state index contributed by atoms with van der Waals surface area (Å²) in [6.45, 7) is 0.672. The number of anilines is 2. The van der Waals surface area contributed by atoms with Crippen LogP contribution in [0.3, 0.4) is 0 Å². The summed E-state index contributed by atoms with van der Waals surface area (Å²) in [5.41, 5.74) is 5.83. The van der Waals surface area contributed by atoms with Gasteiger partial charge >= 0.3 is 0 Å². The van der Waals surface area contributed by atoms with E-state index in [0.717, 1.165) is 35.2 Å². The number of nitrogens with one attached hydrogen (secondary N) is 2. The van der Waals surface area contributed by atoms with E-state index in [1.54, 1.807) is 0 Å². The first-order valence-corrected chi connectivity index (χ1v) is 11.4. The second kappa shape index (κ2) is 7.83. The molecule has 160 valence electrons. The van der Waals surface area contributed by atoms with E-state index in [2.05, 4.69) is 27.9 Å². The normalized spacial score (nSPS) is 15.6. The van der Waals surface area contributed by atoms with Crippen LogP contribution in [0.25, 0.3) is 22.2 Å². The zero-order chi connectivity index (χ0) is 21.5. The lowest BCUT2D eigenvalue weighted by molar-refractivity contribution is 0.104. The third kappa shape index (κ3) is 3.16. The van der Waals surface area contributed by atoms with Crippen LogP contribution in [-0.2, 0) is 6.54 Å². The number of rotatable bonds is 5. The molecule has 0 spiro atoms. The molecule has 0 radical (unpaired) electrons. The summed E-state index contributed by atoms with van der Waals surface area (Å²) in [6.07, 6.45) is 6.00. The van der Waals surface area contributed by atoms with Gasteiger partial charge in [0.1, 0.15) is 5.52 Å². The van der Waals surface area contributed by atoms with Crippen LogP contribution in [0.5, 0.6) is 0 Å². The second-order valence-electron chi connectivity index (χ2n) is 8.78. The van der Waals surface area contributed by atoms with Gasteiger partial charge in [-0.05, 0) is 24.5 Å². The van der Waals surface area contributed by atoms with Gasteiger partial charge in [0.05, 0.1) is 16.6 Å². The van der Waals surface area contributed by atoms with Crippen LogP contribution in [0.15, 0.2) is 65.2 Å². The van der Waals surface area contributed by atoms with Crippen molar-refractivity contribution in [2.24, 2.45) is 0 Å². The quantitative estimate of drug-likeness (QED) is 0.343. The van der Waals surface area contributed by atoms with Crippen LogP contribution < -0.4 is 10.6 Å². The average Bonchev–Trinajstić information content (AvgIpc) is 3.29. The molecule has 2 N–H and O–H groups in total. The molecule has 0 amide bonds. The first-order chi connectivity index (χ1) is 15.8. The van der Waals surface area contributed by atoms with Crippen LogP contribution in [0, 0.1) is 0 Å². The van der Waals surface area contributed by atoms with Crippen molar-refractivity contribution in [1.82, 2.24) is 5.16 Å². The Bertz CT molecular complexity index is 1300. The molecule has 1 aromatic heterocycles. The van der Waals surface area contributed by atoms with E-state index in [4.69, 9.17) is 4.52 Å². The number of fused-ring (bicyclic) bond motifs is 2. The van der Waals surface area contributed by atoms with Gasteiger partial charge in [-0.25, -0.2) is 0 Å². The number of hydrogen-bond donors (Lipinski definition) is 2. The topological polar surface area (TPSA) is 67.2 Å². The van der Waals surface area contributed by atoms with Crippen molar-refractivity contribution >= 4 is 28.1 Å². The molecule has 0 unspecified atom stereocenters. The number of hydrogen-bond acceptors (Lipinski definition) is 5. The zero-order valence-corrected chi connectivity index (χ0v) is 17.9. The first-order valence-electron chi connectivity index (χ1n) is 11.4. The highest BCUT2D eigenvalue weighted by atomic mass is 16.5.